The molecule has 0 radical (unpaired) electrons. The number of carbonyl (C=O) groups excluding carboxylic acids is 3. The van der Waals surface area contributed by atoms with Crippen LogP contribution >= 0.6 is 0 Å². The van der Waals surface area contributed by atoms with Gasteiger partial charge in [-0.3, -0.25) is 14.5 Å². The van der Waals surface area contributed by atoms with E-state index in [9.17, 15) is 22.8 Å². The lowest BCUT2D eigenvalue weighted by molar-refractivity contribution is -0.134. The predicted molar refractivity (Wildman–Crippen MR) is 127 cm³/mol. The molecule has 4 rings (SSSR count). The first-order valence-electron chi connectivity index (χ1n) is 11.3. The molecular weight excluding hydrogens is 456 g/mol. The third-order valence-electron chi connectivity index (χ3n) is 6.44. The van der Waals surface area contributed by atoms with Crippen molar-refractivity contribution in [2.24, 2.45) is 0 Å². The van der Waals surface area contributed by atoms with Crippen molar-refractivity contribution >= 4 is 33.6 Å². The highest BCUT2D eigenvalue weighted by atomic mass is 32.2. The van der Waals surface area contributed by atoms with Gasteiger partial charge in [0.15, 0.2) is 0 Å². The number of carbonyl (C=O) groups is 3. The van der Waals surface area contributed by atoms with E-state index in [4.69, 9.17) is 0 Å². The second-order valence-electron chi connectivity index (χ2n) is 8.51. The molecule has 1 aliphatic heterocycles. The van der Waals surface area contributed by atoms with Gasteiger partial charge in [-0.15, -0.1) is 0 Å². The molecule has 180 valence electrons. The predicted octanol–water partition coefficient (Wildman–Crippen LogP) is 2.14. The van der Waals surface area contributed by atoms with Crippen LogP contribution in [0.3, 0.4) is 0 Å². The molecule has 1 aliphatic carbocycles. The minimum absolute atomic E-state index is 0.0591. The van der Waals surface area contributed by atoms with Gasteiger partial charge < -0.3 is 10.6 Å². The number of hydrogen-bond acceptors (Lipinski definition) is 5. The molecule has 1 saturated heterocycles. The number of rotatable bonds is 7. The molecule has 1 unspecified atom stereocenters. The van der Waals surface area contributed by atoms with Crippen LogP contribution in [-0.4, -0.2) is 60.6 Å². The number of aryl methyl sites for hydroxylation is 1. The number of hydrogen-bond donors (Lipinski definition) is 2. The molecule has 9 nitrogen and oxygen atoms in total. The highest BCUT2D eigenvalue weighted by Crippen LogP contribution is 2.33. The molecular formula is C24H28N4O5S. The van der Waals surface area contributed by atoms with Crippen molar-refractivity contribution in [2.75, 3.05) is 25.0 Å². The van der Waals surface area contributed by atoms with Gasteiger partial charge in [-0.2, -0.15) is 4.31 Å². The number of anilines is 1. The lowest BCUT2D eigenvalue weighted by atomic mass is 9.78. The number of fused-ring (bicyclic) bond motifs is 1. The van der Waals surface area contributed by atoms with Crippen LogP contribution in [0.4, 0.5) is 10.5 Å². The van der Waals surface area contributed by atoms with E-state index in [2.05, 4.69) is 10.6 Å². The summed E-state index contributed by atoms with van der Waals surface area (Å²) in [6.45, 7) is 3.70. The van der Waals surface area contributed by atoms with Crippen molar-refractivity contribution in [1.82, 2.24) is 14.5 Å². The van der Waals surface area contributed by atoms with Gasteiger partial charge in [0.1, 0.15) is 12.1 Å². The summed E-state index contributed by atoms with van der Waals surface area (Å²) in [4.78, 5) is 39.5. The molecule has 34 heavy (non-hydrogen) atoms. The second-order valence-corrected chi connectivity index (χ2v) is 10.5. The second kappa shape index (κ2) is 9.19. The summed E-state index contributed by atoms with van der Waals surface area (Å²) in [6, 6.07) is 13.1. The number of benzene rings is 2. The fraction of sp³-hybridized carbons (Fsp3) is 0.375. The van der Waals surface area contributed by atoms with Gasteiger partial charge in [-0.25, -0.2) is 13.2 Å². The summed E-state index contributed by atoms with van der Waals surface area (Å²) in [7, 11) is -3.69. The Balaban J connectivity index is 1.46. The van der Waals surface area contributed by atoms with E-state index < -0.39 is 40.0 Å². The minimum Gasteiger partial charge on any atom is -0.324 e. The average Bonchev–Trinajstić information content (AvgIpc) is 3.03. The Kier molecular flexibility index (Phi) is 6.46. The van der Waals surface area contributed by atoms with E-state index in [0.717, 1.165) is 16.0 Å². The summed E-state index contributed by atoms with van der Waals surface area (Å²) in [5, 5.41) is 5.41. The third kappa shape index (κ3) is 4.30. The molecule has 0 saturated carbocycles. The molecule has 4 amide bonds. The summed E-state index contributed by atoms with van der Waals surface area (Å²) >= 11 is 0. The van der Waals surface area contributed by atoms with Crippen molar-refractivity contribution in [3.8, 4) is 0 Å². The molecule has 1 atom stereocenters. The summed E-state index contributed by atoms with van der Waals surface area (Å²) in [6.07, 6.45) is 1.52. The van der Waals surface area contributed by atoms with E-state index in [1.165, 1.54) is 22.5 Å². The molecule has 1 heterocycles. The standard InChI is InChI=1S/C24H28N4O5S/c1-3-27(4-2)34(32,33)20-11-7-10-19(14-20)25-21(29)16-28-22(30)24(26-23(28)31)13-12-17-8-5-6-9-18(17)15-24/h5-11,14H,3-4,12-13,15-16H2,1-2H3,(H,25,29)(H,26,31). The molecule has 10 heteroatoms. The fourth-order valence-corrected chi connectivity index (χ4v) is 6.14. The number of amides is 4. The van der Waals surface area contributed by atoms with Crippen molar-refractivity contribution in [3.05, 3.63) is 59.7 Å². The molecule has 0 bridgehead atoms. The Bertz CT molecular complexity index is 1240. The summed E-state index contributed by atoms with van der Waals surface area (Å²) in [5.41, 5.74) is 1.40. The molecule has 1 fully saturated rings. The van der Waals surface area contributed by atoms with Crippen molar-refractivity contribution in [2.45, 2.75) is 43.5 Å². The average molecular weight is 485 g/mol. The maximum Gasteiger partial charge on any atom is 0.325 e. The first-order chi connectivity index (χ1) is 16.2. The van der Waals surface area contributed by atoms with Gasteiger partial charge in [0.05, 0.1) is 4.90 Å². The van der Waals surface area contributed by atoms with Gasteiger partial charge in [0, 0.05) is 25.2 Å². The summed E-state index contributed by atoms with van der Waals surface area (Å²) < 4.78 is 26.8. The van der Waals surface area contributed by atoms with Gasteiger partial charge in [-0.1, -0.05) is 44.2 Å². The SMILES string of the molecule is CCN(CC)S(=O)(=O)c1cccc(NC(=O)CN2C(=O)NC3(CCc4ccccc4C3)C2=O)c1. The van der Waals surface area contributed by atoms with E-state index in [1.807, 2.05) is 24.3 Å². The maximum atomic E-state index is 13.2. The van der Waals surface area contributed by atoms with Crippen LogP contribution in [0, 0.1) is 0 Å². The van der Waals surface area contributed by atoms with Crippen LogP contribution in [0.15, 0.2) is 53.4 Å². The van der Waals surface area contributed by atoms with Crippen LogP contribution in [0.1, 0.15) is 31.4 Å². The molecule has 0 aromatic heterocycles. The zero-order valence-corrected chi connectivity index (χ0v) is 20.0. The van der Waals surface area contributed by atoms with Gasteiger partial charge in [0.2, 0.25) is 15.9 Å². The highest BCUT2D eigenvalue weighted by Gasteiger charge is 2.52. The zero-order chi connectivity index (χ0) is 24.5. The number of sulfonamides is 1. The lowest BCUT2D eigenvalue weighted by Gasteiger charge is -2.32. The van der Waals surface area contributed by atoms with E-state index in [0.29, 0.717) is 32.4 Å². The first-order valence-corrected chi connectivity index (χ1v) is 12.7. The van der Waals surface area contributed by atoms with Crippen LogP contribution < -0.4 is 10.6 Å². The van der Waals surface area contributed by atoms with Crippen LogP contribution in [0.2, 0.25) is 0 Å². The Morgan fingerprint density at radius 2 is 1.79 bits per heavy atom. The van der Waals surface area contributed by atoms with E-state index >= 15 is 0 Å². The van der Waals surface area contributed by atoms with Gasteiger partial charge in [-0.05, 0) is 42.2 Å². The Morgan fingerprint density at radius 1 is 1.09 bits per heavy atom. The quantitative estimate of drug-likeness (QED) is 0.584. The van der Waals surface area contributed by atoms with Gasteiger partial charge >= 0.3 is 6.03 Å². The number of nitrogens with zero attached hydrogens (tertiary/aromatic N) is 2. The molecule has 2 N–H and O–H groups in total. The van der Waals surface area contributed by atoms with Crippen molar-refractivity contribution in [3.63, 3.8) is 0 Å². The van der Waals surface area contributed by atoms with Crippen molar-refractivity contribution < 1.29 is 22.8 Å². The summed E-state index contributed by atoms with van der Waals surface area (Å²) in [5.74, 6) is -1.01. The molecule has 2 aliphatic rings. The Labute approximate surface area is 199 Å². The minimum atomic E-state index is -3.69. The molecule has 2 aromatic carbocycles. The van der Waals surface area contributed by atoms with Crippen LogP contribution in [-0.2, 0) is 32.5 Å². The molecule has 1 spiro atoms. The van der Waals surface area contributed by atoms with E-state index in [-0.39, 0.29) is 10.6 Å². The van der Waals surface area contributed by atoms with Gasteiger partial charge in [0.25, 0.3) is 5.91 Å². The number of nitrogens with one attached hydrogen (secondary N) is 2. The Hall–Kier alpha value is -3.24. The molecule has 2 aromatic rings. The normalized spacial score (nSPS) is 19.9. The topological polar surface area (TPSA) is 116 Å². The van der Waals surface area contributed by atoms with Crippen molar-refractivity contribution in [1.29, 1.82) is 0 Å². The van der Waals surface area contributed by atoms with Crippen LogP contribution in [0.25, 0.3) is 0 Å². The first kappa shape index (κ1) is 23.9. The number of imide groups is 1. The third-order valence-corrected chi connectivity index (χ3v) is 8.49. The monoisotopic (exact) mass is 484 g/mol. The van der Waals surface area contributed by atoms with E-state index in [1.54, 1.807) is 19.9 Å². The number of urea groups is 1. The zero-order valence-electron chi connectivity index (χ0n) is 19.2. The smallest absolute Gasteiger partial charge is 0.324 e. The lowest BCUT2D eigenvalue weighted by Crippen LogP contribution is -2.51. The largest absolute Gasteiger partial charge is 0.325 e. The van der Waals surface area contributed by atoms with Crippen LogP contribution in [0.5, 0.6) is 0 Å². The maximum absolute atomic E-state index is 13.2. The highest BCUT2D eigenvalue weighted by molar-refractivity contribution is 7.89. The fourth-order valence-electron chi connectivity index (χ4n) is 4.64. The Morgan fingerprint density at radius 3 is 2.50 bits per heavy atom.